The molecule has 2 heterocycles. The summed E-state index contributed by atoms with van der Waals surface area (Å²) in [5.74, 6) is -2.48. The Hall–Kier alpha value is -4.39. The third kappa shape index (κ3) is 8.00. The molecule has 13 heteroatoms. The smallest absolute Gasteiger partial charge is 0.413 e. The van der Waals surface area contributed by atoms with E-state index in [1.54, 1.807) is 19.9 Å². The molecule has 1 saturated heterocycles. The van der Waals surface area contributed by atoms with Crippen LogP contribution in [0.5, 0.6) is 5.75 Å². The number of benzene rings is 3. The predicted octanol–water partition coefficient (Wildman–Crippen LogP) is 7.51. The number of ether oxygens (including phenoxy) is 1. The number of likely N-dealkylation sites (N-methyl/N-ethyl adjacent to an activating group) is 1. The molecule has 0 bridgehead atoms. The molecule has 1 atom stereocenters. The molecule has 0 aliphatic carbocycles. The molecule has 1 amide bonds. The van der Waals surface area contributed by atoms with Gasteiger partial charge < -0.3 is 25.0 Å². The van der Waals surface area contributed by atoms with E-state index in [1.807, 2.05) is 19.1 Å². The molecule has 1 aliphatic heterocycles. The van der Waals surface area contributed by atoms with E-state index in [2.05, 4.69) is 32.1 Å². The second-order valence-electron chi connectivity index (χ2n) is 12.0. The van der Waals surface area contributed by atoms with Crippen LogP contribution in [0.15, 0.2) is 54.7 Å². The standard InChI is InChI=1S/C35H38ClF3N6O3/c1-21-18-22(2)30(23(3)19-21)33(31-25(37)7-8-26(38)32(31)36)45(35(46)47)29-10-11-40-34(42-29)41-24-6-9-28(27(39)20-24)48-17-5-12-44-15-13-43(4)14-16-44/h6-11,18-20,33H,5,12-17H2,1-4H3,(H,46,47)(H,40,41,42). The average molecular weight is 683 g/mol. The van der Waals surface area contributed by atoms with Crippen LogP contribution in [-0.4, -0.2) is 77.3 Å². The number of halogens is 4. The largest absolute Gasteiger partial charge is 0.490 e. The predicted molar refractivity (Wildman–Crippen MR) is 180 cm³/mol. The Kier molecular flexibility index (Phi) is 11.1. The maximum Gasteiger partial charge on any atom is 0.413 e. The number of anilines is 3. The Morgan fingerprint density at radius 2 is 1.67 bits per heavy atom. The molecular formula is C35H38ClF3N6O3. The Bertz CT molecular complexity index is 1760. The monoisotopic (exact) mass is 682 g/mol. The molecule has 1 fully saturated rings. The van der Waals surface area contributed by atoms with Crippen molar-refractivity contribution in [2.75, 3.05) is 56.6 Å². The molecule has 1 aliphatic rings. The highest BCUT2D eigenvalue weighted by Crippen LogP contribution is 2.41. The van der Waals surface area contributed by atoms with Gasteiger partial charge in [0, 0.05) is 56.2 Å². The summed E-state index contributed by atoms with van der Waals surface area (Å²) in [6, 6.07) is 9.66. The van der Waals surface area contributed by atoms with E-state index >= 15 is 4.39 Å². The van der Waals surface area contributed by atoms with Crippen LogP contribution in [0, 0.1) is 38.2 Å². The quantitative estimate of drug-likeness (QED) is 0.124. The minimum atomic E-state index is -1.50. The topological polar surface area (TPSA) is 94.1 Å². The zero-order valence-corrected chi connectivity index (χ0v) is 28.0. The number of aryl methyl sites for hydroxylation is 3. The molecule has 5 rings (SSSR count). The summed E-state index contributed by atoms with van der Waals surface area (Å²) in [6.45, 7) is 10.7. The SMILES string of the molecule is Cc1cc(C)c(C(c2c(F)ccc(F)c2Cl)N(C(=O)O)c2ccnc(Nc3ccc(OCCCN4CCN(C)CC4)c(F)c3)n2)c(C)c1. The number of aromatic nitrogens is 2. The minimum Gasteiger partial charge on any atom is -0.490 e. The molecule has 0 radical (unpaired) electrons. The van der Waals surface area contributed by atoms with E-state index in [-0.39, 0.29) is 28.8 Å². The van der Waals surface area contributed by atoms with E-state index in [4.69, 9.17) is 16.3 Å². The van der Waals surface area contributed by atoms with Crippen molar-refractivity contribution in [2.45, 2.75) is 33.2 Å². The fraction of sp³-hybridized carbons (Fsp3) is 0.343. The summed E-state index contributed by atoms with van der Waals surface area (Å²) in [5.41, 5.74) is 2.55. The first kappa shape index (κ1) is 34.9. The number of carbonyl (C=O) groups is 1. The summed E-state index contributed by atoms with van der Waals surface area (Å²) >= 11 is 6.33. The van der Waals surface area contributed by atoms with E-state index in [0.717, 1.165) is 61.7 Å². The van der Waals surface area contributed by atoms with Crippen molar-refractivity contribution in [1.29, 1.82) is 0 Å². The average Bonchev–Trinajstić information content (AvgIpc) is 3.02. The second kappa shape index (κ2) is 15.2. The highest BCUT2D eigenvalue weighted by atomic mass is 35.5. The molecular weight excluding hydrogens is 645 g/mol. The van der Waals surface area contributed by atoms with Gasteiger partial charge in [0.05, 0.1) is 17.7 Å². The number of nitrogens with one attached hydrogen (secondary N) is 1. The van der Waals surface area contributed by atoms with Crippen LogP contribution in [0.1, 0.15) is 40.3 Å². The normalized spacial score (nSPS) is 14.5. The van der Waals surface area contributed by atoms with Crippen LogP contribution in [0.4, 0.5) is 35.4 Å². The Morgan fingerprint density at radius 1 is 0.979 bits per heavy atom. The summed E-state index contributed by atoms with van der Waals surface area (Å²) < 4.78 is 51.0. The number of hydrogen-bond acceptors (Lipinski definition) is 7. The molecule has 0 saturated carbocycles. The highest BCUT2D eigenvalue weighted by Gasteiger charge is 2.36. The van der Waals surface area contributed by atoms with Gasteiger partial charge in [-0.05, 0) is 81.3 Å². The molecule has 2 N–H and O–H groups in total. The number of hydrogen-bond donors (Lipinski definition) is 2. The molecule has 3 aromatic carbocycles. The first-order chi connectivity index (χ1) is 22.9. The van der Waals surface area contributed by atoms with E-state index in [1.165, 1.54) is 24.4 Å². The van der Waals surface area contributed by atoms with Gasteiger partial charge in [-0.15, -0.1) is 0 Å². The number of rotatable bonds is 11. The lowest BCUT2D eigenvalue weighted by Crippen LogP contribution is -2.44. The Morgan fingerprint density at radius 3 is 2.33 bits per heavy atom. The van der Waals surface area contributed by atoms with Crippen molar-refractivity contribution in [3.05, 3.63) is 105 Å². The summed E-state index contributed by atoms with van der Waals surface area (Å²) in [4.78, 5) is 27.0. The molecule has 4 aromatic rings. The number of carboxylic acid groups (broad SMARTS) is 1. The maximum atomic E-state index is 15.5. The lowest BCUT2D eigenvalue weighted by Gasteiger charge is -2.32. The second-order valence-corrected chi connectivity index (χ2v) is 12.4. The fourth-order valence-corrected chi connectivity index (χ4v) is 6.33. The molecule has 48 heavy (non-hydrogen) atoms. The molecule has 254 valence electrons. The van der Waals surface area contributed by atoms with Gasteiger partial charge in [0.25, 0.3) is 0 Å². The van der Waals surface area contributed by atoms with Gasteiger partial charge in [-0.2, -0.15) is 4.98 Å². The van der Waals surface area contributed by atoms with Crippen LogP contribution in [0.25, 0.3) is 0 Å². The number of piperazine rings is 1. The van der Waals surface area contributed by atoms with Gasteiger partial charge in [-0.3, -0.25) is 0 Å². The van der Waals surface area contributed by atoms with E-state index in [9.17, 15) is 18.7 Å². The van der Waals surface area contributed by atoms with Crippen molar-refractivity contribution in [2.24, 2.45) is 0 Å². The molecule has 1 aromatic heterocycles. The van der Waals surface area contributed by atoms with Gasteiger partial charge in [-0.25, -0.2) is 27.8 Å². The van der Waals surface area contributed by atoms with Crippen molar-refractivity contribution in [3.63, 3.8) is 0 Å². The van der Waals surface area contributed by atoms with Gasteiger partial charge in [0.2, 0.25) is 5.95 Å². The lowest BCUT2D eigenvalue weighted by atomic mass is 9.88. The number of amides is 1. The molecule has 1 unspecified atom stereocenters. The number of nitrogens with zero attached hydrogens (tertiary/aromatic N) is 5. The highest BCUT2D eigenvalue weighted by molar-refractivity contribution is 6.31. The van der Waals surface area contributed by atoms with Crippen LogP contribution in [0.3, 0.4) is 0 Å². The van der Waals surface area contributed by atoms with E-state index < -0.39 is 34.6 Å². The first-order valence-electron chi connectivity index (χ1n) is 15.6. The van der Waals surface area contributed by atoms with Crippen molar-refractivity contribution in [3.8, 4) is 5.75 Å². The Labute approximate surface area is 282 Å². The zero-order chi connectivity index (χ0) is 34.5. The zero-order valence-electron chi connectivity index (χ0n) is 27.2. The minimum absolute atomic E-state index is 0.0547. The first-order valence-corrected chi connectivity index (χ1v) is 16.0. The van der Waals surface area contributed by atoms with Crippen LogP contribution in [0.2, 0.25) is 5.02 Å². The van der Waals surface area contributed by atoms with Crippen LogP contribution in [-0.2, 0) is 0 Å². The van der Waals surface area contributed by atoms with Gasteiger partial charge in [0.1, 0.15) is 17.5 Å². The van der Waals surface area contributed by atoms with Gasteiger partial charge in [-0.1, -0.05) is 29.3 Å². The lowest BCUT2D eigenvalue weighted by molar-refractivity contribution is 0.145. The van der Waals surface area contributed by atoms with E-state index in [0.29, 0.717) is 23.3 Å². The van der Waals surface area contributed by atoms with Crippen LogP contribution < -0.4 is 15.0 Å². The van der Waals surface area contributed by atoms with Crippen LogP contribution >= 0.6 is 11.6 Å². The van der Waals surface area contributed by atoms with Gasteiger partial charge >= 0.3 is 6.09 Å². The maximum absolute atomic E-state index is 15.5. The van der Waals surface area contributed by atoms with Crippen molar-refractivity contribution < 1.29 is 27.8 Å². The molecule has 9 nitrogen and oxygen atoms in total. The Balaban J connectivity index is 1.39. The summed E-state index contributed by atoms with van der Waals surface area (Å²) in [7, 11) is 2.10. The summed E-state index contributed by atoms with van der Waals surface area (Å²) in [6.07, 6.45) is 0.575. The van der Waals surface area contributed by atoms with Crippen molar-refractivity contribution in [1.82, 2.24) is 19.8 Å². The van der Waals surface area contributed by atoms with Crippen molar-refractivity contribution >= 4 is 35.1 Å². The third-order valence-corrected chi connectivity index (χ3v) is 8.76. The third-order valence-electron chi connectivity index (χ3n) is 8.38. The summed E-state index contributed by atoms with van der Waals surface area (Å²) in [5, 5.41) is 12.9. The molecule has 0 spiro atoms. The van der Waals surface area contributed by atoms with Gasteiger partial charge in [0.15, 0.2) is 11.6 Å². The fourth-order valence-electron chi connectivity index (χ4n) is 6.07.